The molecular formula is C29H32O4. The number of rotatable bonds is 8. The third-order valence-electron chi connectivity index (χ3n) is 6.02. The van der Waals surface area contributed by atoms with Crippen LogP contribution in [0.2, 0.25) is 0 Å². The summed E-state index contributed by atoms with van der Waals surface area (Å²) in [5, 5.41) is 20.0. The zero-order chi connectivity index (χ0) is 24.3. The van der Waals surface area contributed by atoms with Crippen LogP contribution in [0.3, 0.4) is 0 Å². The molecule has 33 heavy (non-hydrogen) atoms. The van der Waals surface area contributed by atoms with Gasteiger partial charge in [-0.15, -0.1) is 0 Å². The Morgan fingerprint density at radius 1 is 0.788 bits per heavy atom. The minimum Gasteiger partial charge on any atom is -0.478 e. The number of benzene rings is 3. The first-order chi connectivity index (χ1) is 15.7. The molecule has 0 saturated carbocycles. The van der Waals surface area contributed by atoms with Crippen LogP contribution in [0.1, 0.15) is 77.9 Å². The minimum absolute atomic E-state index is 0.217. The average molecular weight is 445 g/mol. The van der Waals surface area contributed by atoms with Gasteiger partial charge in [0.25, 0.3) is 0 Å². The molecule has 172 valence electrons. The predicted molar refractivity (Wildman–Crippen MR) is 133 cm³/mol. The molecule has 0 atom stereocenters. The Bertz CT molecular complexity index is 1190. The van der Waals surface area contributed by atoms with Crippen molar-refractivity contribution in [2.75, 3.05) is 0 Å². The molecule has 0 unspecified atom stereocenters. The summed E-state index contributed by atoms with van der Waals surface area (Å²) in [6.45, 7) is 10.7. The highest BCUT2D eigenvalue weighted by molar-refractivity contribution is 6.04. The number of carboxylic acid groups (broad SMARTS) is 2. The topological polar surface area (TPSA) is 74.6 Å². The van der Waals surface area contributed by atoms with Gasteiger partial charge in [0.2, 0.25) is 0 Å². The lowest BCUT2D eigenvalue weighted by Crippen LogP contribution is -2.11. The molecule has 4 heteroatoms. The van der Waals surface area contributed by atoms with Crippen LogP contribution in [0.5, 0.6) is 0 Å². The molecule has 0 spiro atoms. The third kappa shape index (κ3) is 4.85. The second-order valence-corrected chi connectivity index (χ2v) is 9.16. The van der Waals surface area contributed by atoms with Crippen molar-refractivity contribution in [1.82, 2.24) is 0 Å². The van der Waals surface area contributed by atoms with Crippen molar-refractivity contribution < 1.29 is 19.8 Å². The van der Waals surface area contributed by atoms with Crippen LogP contribution in [0, 0.1) is 5.92 Å². The quantitative estimate of drug-likeness (QED) is 0.382. The summed E-state index contributed by atoms with van der Waals surface area (Å²) in [5.41, 5.74) is 6.67. The van der Waals surface area contributed by atoms with Gasteiger partial charge in [-0.25, -0.2) is 9.59 Å². The van der Waals surface area contributed by atoms with Crippen molar-refractivity contribution in [2.24, 2.45) is 5.92 Å². The van der Waals surface area contributed by atoms with E-state index in [2.05, 4.69) is 40.7 Å². The second kappa shape index (κ2) is 10.0. The van der Waals surface area contributed by atoms with E-state index in [1.165, 1.54) is 5.56 Å². The van der Waals surface area contributed by atoms with Gasteiger partial charge >= 0.3 is 11.9 Å². The van der Waals surface area contributed by atoms with Gasteiger partial charge < -0.3 is 10.2 Å². The Kier molecular flexibility index (Phi) is 7.37. The highest BCUT2D eigenvalue weighted by Crippen LogP contribution is 2.44. The first-order valence-electron chi connectivity index (χ1n) is 11.5. The van der Waals surface area contributed by atoms with Crippen molar-refractivity contribution >= 4 is 11.9 Å². The Balaban J connectivity index is 2.61. The van der Waals surface area contributed by atoms with E-state index in [0.29, 0.717) is 23.5 Å². The second-order valence-electron chi connectivity index (χ2n) is 9.16. The molecule has 0 heterocycles. The van der Waals surface area contributed by atoms with Gasteiger partial charge in [-0.3, -0.25) is 0 Å². The summed E-state index contributed by atoms with van der Waals surface area (Å²) in [6, 6.07) is 16.3. The van der Waals surface area contributed by atoms with Crippen LogP contribution < -0.4 is 0 Å². The fraction of sp³-hybridized carbons (Fsp3) is 0.310. The Labute approximate surface area is 195 Å². The monoisotopic (exact) mass is 444 g/mol. The molecule has 0 aromatic heterocycles. The molecular weight excluding hydrogens is 412 g/mol. The maximum absolute atomic E-state index is 12.2. The molecule has 0 amide bonds. The molecule has 0 fully saturated rings. The summed E-state index contributed by atoms with van der Waals surface area (Å²) in [5.74, 6) is -1.41. The third-order valence-corrected chi connectivity index (χ3v) is 6.02. The lowest BCUT2D eigenvalue weighted by Gasteiger charge is -2.27. The SMILES string of the molecule is CCc1cc(C(C)C)c(CC(C)C)c(-c2ccccc2C(=O)O)c1-c1ccccc1C(=O)O. The van der Waals surface area contributed by atoms with E-state index in [9.17, 15) is 19.8 Å². The minimum atomic E-state index is -0.997. The standard InChI is InChI=1S/C29H32O4/c1-6-19-16-24(18(4)5)25(15-17(2)3)27(21-12-8-10-14-23(21)29(32)33)26(19)20-11-7-9-13-22(20)28(30)31/h7-14,16-18H,6,15H2,1-5H3,(H,30,31)(H,32,33). The van der Waals surface area contributed by atoms with E-state index in [0.717, 1.165) is 28.7 Å². The lowest BCUT2D eigenvalue weighted by molar-refractivity contribution is 0.0686. The van der Waals surface area contributed by atoms with Crippen LogP contribution in [-0.4, -0.2) is 22.2 Å². The van der Waals surface area contributed by atoms with Gasteiger partial charge in [-0.2, -0.15) is 0 Å². The molecule has 4 nitrogen and oxygen atoms in total. The largest absolute Gasteiger partial charge is 0.478 e. The Morgan fingerprint density at radius 3 is 1.70 bits per heavy atom. The molecule has 0 aliphatic heterocycles. The van der Waals surface area contributed by atoms with Crippen LogP contribution in [-0.2, 0) is 12.8 Å². The van der Waals surface area contributed by atoms with Gasteiger partial charge in [0, 0.05) is 0 Å². The van der Waals surface area contributed by atoms with Crippen molar-refractivity contribution in [3.63, 3.8) is 0 Å². The van der Waals surface area contributed by atoms with Gasteiger partial charge in [0.05, 0.1) is 11.1 Å². The molecule has 0 bridgehead atoms. The van der Waals surface area contributed by atoms with Crippen LogP contribution in [0.25, 0.3) is 22.3 Å². The van der Waals surface area contributed by atoms with Crippen molar-refractivity contribution in [2.45, 2.75) is 53.4 Å². The molecule has 3 aromatic carbocycles. The van der Waals surface area contributed by atoms with Gasteiger partial charge in [-0.1, -0.05) is 77.1 Å². The van der Waals surface area contributed by atoms with Gasteiger partial charge in [-0.05, 0) is 75.8 Å². The fourth-order valence-corrected chi connectivity index (χ4v) is 4.61. The summed E-state index contributed by atoms with van der Waals surface area (Å²) in [7, 11) is 0. The molecule has 2 N–H and O–H groups in total. The van der Waals surface area contributed by atoms with Crippen LogP contribution >= 0.6 is 0 Å². The Morgan fingerprint density at radius 2 is 1.27 bits per heavy atom. The van der Waals surface area contributed by atoms with E-state index in [4.69, 9.17) is 0 Å². The molecule has 0 saturated heterocycles. The number of aromatic carboxylic acids is 2. The number of hydrogen-bond acceptors (Lipinski definition) is 2. The lowest BCUT2D eigenvalue weighted by atomic mass is 9.77. The zero-order valence-electron chi connectivity index (χ0n) is 20.0. The summed E-state index contributed by atoms with van der Waals surface area (Å²) < 4.78 is 0. The predicted octanol–water partition coefficient (Wildman–Crippen LogP) is 7.30. The first kappa shape index (κ1) is 24.2. The van der Waals surface area contributed by atoms with Crippen LogP contribution in [0.4, 0.5) is 0 Å². The van der Waals surface area contributed by atoms with E-state index < -0.39 is 11.9 Å². The summed E-state index contributed by atoms with van der Waals surface area (Å²) >= 11 is 0. The highest BCUT2D eigenvalue weighted by atomic mass is 16.4. The Hall–Kier alpha value is -3.40. The van der Waals surface area contributed by atoms with Crippen molar-refractivity contribution in [3.05, 3.63) is 82.4 Å². The number of aryl methyl sites for hydroxylation is 1. The van der Waals surface area contributed by atoms with Gasteiger partial charge in [0.15, 0.2) is 0 Å². The fourth-order valence-electron chi connectivity index (χ4n) is 4.61. The van der Waals surface area contributed by atoms with Crippen molar-refractivity contribution in [3.8, 4) is 22.3 Å². The molecule has 0 aliphatic rings. The zero-order valence-corrected chi connectivity index (χ0v) is 20.0. The van der Waals surface area contributed by atoms with Crippen molar-refractivity contribution in [1.29, 1.82) is 0 Å². The molecule has 3 aromatic rings. The smallest absolute Gasteiger partial charge is 0.336 e. The van der Waals surface area contributed by atoms with Gasteiger partial charge in [0.1, 0.15) is 0 Å². The summed E-state index contributed by atoms with van der Waals surface area (Å²) in [4.78, 5) is 24.4. The maximum Gasteiger partial charge on any atom is 0.336 e. The maximum atomic E-state index is 12.2. The molecule has 3 rings (SSSR count). The number of carboxylic acids is 2. The number of hydrogen-bond donors (Lipinski definition) is 2. The average Bonchev–Trinajstić information content (AvgIpc) is 2.77. The van der Waals surface area contributed by atoms with E-state index in [1.807, 2.05) is 24.3 Å². The number of carbonyl (C=O) groups is 2. The van der Waals surface area contributed by atoms with E-state index >= 15 is 0 Å². The van der Waals surface area contributed by atoms with Crippen LogP contribution in [0.15, 0.2) is 54.6 Å². The summed E-state index contributed by atoms with van der Waals surface area (Å²) in [6.07, 6.45) is 1.47. The van der Waals surface area contributed by atoms with E-state index in [1.54, 1.807) is 24.3 Å². The highest BCUT2D eigenvalue weighted by Gasteiger charge is 2.26. The van der Waals surface area contributed by atoms with E-state index in [-0.39, 0.29) is 17.0 Å². The normalized spacial score (nSPS) is 11.2. The molecule has 0 radical (unpaired) electrons. The molecule has 0 aliphatic carbocycles. The first-order valence-corrected chi connectivity index (χ1v) is 11.5.